The van der Waals surface area contributed by atoms with Gasteiger partial charge in [0, 0.05) is 25.6 Å². The van der Waals surface area contributed by atoms with E-state index in [0.717, 1.165) is 63.7 Å². The van der Waals surface area contributed by atoms with Gasteiger partial charge in [0.15, 0.2) is 0 Å². The zero-order valence-electron chi connectivity index (χ0n) is 27.9. The van der Waals surface area contributed by atoms with Crippen LogP contribution in [0, 0.1) is 22.7 Å². The second-order valence-corrected chi connectivity index (χ2v) is 14.0. The van der Waals surface area contributed by atoms with Crippen LogP contribution in [0.4, 0.5) is 5.82 Å². The number of carbonyl (C=O) groups is 2. The van der Waals surface area contributed by atoms with Crippen molar-refractivity contribution in [1.82, 2.24) is 10.3 Å². The van der Waals surface area contributed by atoms with Crippen molar-refractivity contribution in [2.24, 2.45) is 5.73 Å². The van der Waals surface area contributed by atoms with E-state index in [1.54, 1.807) is 0 Å². The number of aromatic nitrogens is 1. The molecule has 1 aromatic heterocycles. The van der Waals surface area contributed by atoms with Crippen LogP contribution in [0.2, 0.25) is 0 Å². The first kappa shape index (κ1) is 36.9. The van der Waals surface area contributed by atoms with Crippen LogP contribution in [0.25, 0.3) is 0 Å². The van der Waals surface area contributed by atoms with Gasteiger partial charge in [0.1, 0.15) is 33.8 Å². The van der Waals surface area contributed by atoms with E-state index in [4.69, 9.17) is 15.5 Å². The van der Waals surface area contributed by atoms with Crippen LogP contribution in [0.5, 0.6) is 0 Å². The van der Waals surface area contributed by atoms with Crippen LogP contribution in [-0.4, -0.2) is 48.1 Å². The molecule has 1 fully saturated rings. The highest BCUT2D eigenvalue weighted by Crippen LogP contribution is 2.40. The molecule has 3 N–H and O–H groups in total. The Labute approximate surface area is 279 Å². The van der Waals surface area contributed by atoms with Crippen molar-refractivity contribution in [3.63, 3.8) is 0 Å². The van der Waals surface area contributed by atoms with E-state index in [-0.39, 0.29) is 5.97 Å². The molecule has 0 aliphatic carbocycles. The van der Waals surface area contributed by atoms with E-state index in [2.05, 4.69) is 22.4 Å². The number of thioether (sulfide) groups is 1. The summed E-state index contributed by atoms with van der Waals surface area (Å²) in [5.41, 5.74) is 7.58. The fourth-order valence-electron chi connectivity index (χ4n) is 5.80. The number of ether oxygens (including phenoxy) is 1. The summed E-state index contributed by atoms with van der Waals surface area (Å²) in [5, 5.41) is 23.7. The first-order valence-electron chi connectivity index (χ1n) is 16.7. The van der Waals surface area contributed by atoms with Crippen molar-refractivity contribution in [3.05, 3.63) is 52.6 Å². The van der Waals surface area contributed by atoms with E-state index in [9.17, 15) is 20.1 Å². The lowest BCUT2D eigenvalue weighted by Crippen LogP contribution is -2.43. The molecule has 248 valence electrons. The van der Waals surface area contributed by atoms with Crippen LogP contribution in [-0.2, 0) is 20.7 Å². The summed E-state index contributed by atoms with van der Waals surface area (Å²) in [4.78, 5) is 31.3. The van der Waals surface area contributed by atoms with Crippen molar-refractivity contribution in [2.45, 2.75) is 120 Å². The van der Waals surface area contributed by atoms with Crippen LogP contribution >= 0.6 is 11.8 Å². The molecular formula is C36H50N6O3S. The molecule has 2 aromatic rings. The summed E-state index contributed by atoms with van der Waals surface area (Å²) in [6.07, 6.45) is 10.7. The molecule has 1 aliphatic rings. The SMILES string of the molecule is CCc1c(C#N)c(SC(C(N)=O)c2ccccc2)nc(N2CCC(NCCCCCCCCCC(=O)OC(C)(C)C)CC2)c1C#N. The minimum Gasteiger partial charge on any atom is -0.460 e. The standard InChI is InChI=1S/C36H50N6O3S/c1-5-28-29(24-37)34(41-35(30(28)25-38)46-32(33(39)44)26-16-12-11-13-17-26)42-22-19-27(20-23-42)40-21-15-10-8-6-7-9-14-18-31(43)45-36(2,3)4/h11-13,16-17,27,32,40H,5-10,14-15,18-23H2,1-4H3,(H2,39,44). The number of anilines is 1. The zero-order chi connectivity index (χ0) is 33.5. The number of nitrogens with zero attached hydrogens (tertiary/aromatic N) is 4. The molecule has 0 bridgehead atoms. The van der Waals surface area contributed by atoms with E-state index in [0.29, 0.717) is 46.4 Å². The average molecular weight is 647 g/mol. The maximum Gasteiger partial charge on any atom is 0.306 e. The molecule has 46 heavy (non-hydrogen) atoms. The predicted molar refractivity (Wildman–Crippen MR) is 183 cm³/mol. The average Bonchev–Trinajstić information content (AvgIpc) is 3.03. The van der Waals surface area contributed by atoms with Gasteiger partial charge in [0.2, 0.25) is 5.91 Å². The van der Waals surface area contributed by atoms with Gasteiger partial charge in [-0.25, -0.2) is 4.98 Å². The number of primary amides is 1. The smallest absolute Gasteiger partial charge is 0.306 e. The molecule has 2 heterocycles. The Hall–Kier alpha value is -3.60. The number of pyridine rings is 1. The Kier molecular flexibility index (Phi) is 14.8. The summed E-state index contributed by atoms with van der Waals surface area (Å²) >= 11 is 1.18. The third kappa shape index (κ3) is 11.3. The molecule has 1 atom stereocenters. The highest BCUT2D eigenvalue weighted by atomic mass is 32.2. The number of piperidine rings is 1. The molecule has 1 saturated heterocycles. The number of benzene rings is 1. The molecular weight excluding hydrogens is 597 g/mol. The van der Waals surface area contributed by atoms with Gasteiger partial charge >= 0.3 is 5.97 Å². The fourth-order valence-corrected chi connectivity index (χ4v) is 6.86. The topological polar surface area (TPSA) is 145 Å². The Morgan fingerprint density at radius 3 is 2.20 bits per heavy atom. The van der Waals surface area contributed by atoms with Crippen molar-refractivity contribution in [1.29, 1.82) is 10.5 Å². The molecule has 0 radical (unpaired) electrons. The van der Waals surface area contributed by atoms with Gasteiger partial charge in [0.25, 0.3) is 0 Å². The third-order valence-electron chi connectivity index (χ3n) is 8.12. The number of carbonyl (C=O) groups excluding carboxylic acids is 2. The molecule has 1 aliphatic heterocycles. The second-order valence-electron chi connectivity index (χ2n) is 12.9. The number of hydrogen-bond donors (Lipinski definition) is 2. The summed E-state index contributed by atoms with van der Waals surface area (Å²) in [6, 6.07) is 14.2. The first-order valence-corrected chi connectivity index (χ1v) is 17.5. The molecule has 1 unspecified atom stereocenters. The van der Waals surface area contributed by atoms with Gasteiger partial charge < -0.3 is 20.7 Å². The summed E-state index contributed by atoms with van der Waals surface area (Å²) < 4.78 is 5.36. The fraction of sp³-hybridized carbons (Fsp3) is 0.583. The number of rotatable bonds is 17. The maximum atomic E-state index is 12.5. The Bertz CT molecular complexity index is 1370. The summed E-state index contributed by atoms with van der Waals surface area (Å²) in [7, 11) is 0. The molecule has 9 nitrogen and oxygen atoms in total. The highest BCUT2D eigenvalue weighted by Gasteiger charge is 2.29. The van der Waals surface area contributed by atoms with Gasteiger partial charge in [-0.15, -0.1) is 0 Å². The largest absolute Gasteiger partial charge is 0.460 e. The molecule has 10 heteroatoms. The van der Waals surface area contributed by atoms with Crippen LogP contribution in [0.1, 0.15) is 119 Å². The van der Waals surface area contributed by atoms with Crippen LogP contribution in [0.15, 0.2) is 35.4 Å². The van der Waals surface area contributed by atoms with Crippen molar-refractivity contribution >= 4 is 29.5 Å². The Balaban J connectivity index is 1.49. The third-order valence-corrected chi connectivity index (χ3v) is 9.38. The number of nitriles is 2. The van der Waals surface area contributed by atoms with Crippen molar-refractivity contribution in [3.8, 4) is 12.1 Å². The molecule has 1 aromatic carbocycles. The highest BCUT2D eigenvalue weighted by molar-refractivity contribution is 8.00. The van der Waals surface area contributed by atoms with Gasteiger partial charge in [-0.2, -0.15) is 10.5 Å². The van der Waals surface area contributed by atoms with E-state index < -0.39 is 16.8 Å². The zero-order valence-corrected chi connectivity index (χ0v) is 28.8. The second kappa shape index (κ2) is 18.5. The number of amides is 1. The van der Waals surface area contributed by atoms with Crippen molar-refractivity contribution in [2.75, 3.05) is 24.5 Å². The molecule has 0 saturated carbocycles. The maximum absolute atomic E-state index is 12.5. The minimum atomic E-state index is -0.703. The van der Waals surface area contributed by atoms with Crippen molar-refractivity contribution < 1.29 is 14.3 Å². The number of nitrogens with two attached hydrogens (primary N) is 1. The van der Waals surface area contributed by atoms with E-state index in [1.807, 2.05) is 58.0 Å². The Morgan fingerprint density at radius 2 is 1.63 bits per heavy atom. The number of hydrogen-bond acceptors (Lipinski definition) is 9. The quantitative estimate of drug-likeness (QED) is 0.109. The lowest BCUT2D eigenvalue weighted by Gasteiger charge is -2.34. The molecule has 0 spiro atoms. The van der Waals surface area contributed by atoms with Crippen LogP contribution in [0.3, 0.4) is 0 Å². The normalized spacial score (nSPS) is 14.3. The van der Waals surface area contributed by atoms with E-state index >= 15 is 0 Å². The number of nitrogens with one attached hydrogen (secondary N) is 1. The Morgan fingerprint density at radius 1 is 1.02 bits per heavy atom. The van der Waals surface area contributed by atoms with Gasteiger partial charge in [0.05, 0.1) is 11.1 Å². The van der Waals surface area contributed by atoms with Crippen LogP contribution < -0.4 is 16.0 Å². The summed E-state index contributed by atoms with van der Waals surface area (Å²) in [6.45, 7) is 10.1. The number of unbranched alkanes of at least 4 members (excludes halogenated alkanes) is 6. The molecule has 3 rings (SSSR count). The minimum absolute atomic E-state index is 0.102. The van der Waals surface area contributed by atoms with Gasteiger partial charge in [-0.3, -0.25) is 9.59 Å². The van der Waals surface area contributed by atoms with Gasteiger partial charge in [-0.1, -0.05) is 81.1 Å². The lowest BCUT2D eigenvalue weighted by atomic mass is 9.99. The molecule has 1 amide bonds. The summed E-state index contributed by atoms with van der Waals surface area (Å²) in [5.74, 6) is -0.0237. The lowest BCUT2D eigenvalue weighted by molar-refractivity contribution is -0.154. The monoisotopic (exact) mass is 646 g/mol. The number of esters is 1. The van der Waals surface area contributed by atoms with E-state index in [1.165, 1.54) is 31.0 Å². The van der Waals surface area contributed by atoms with Gasteiger partial charge in [-0.05, 0) is 70.5 Å². The first-order chi connectivity index (χ1) is 22.1. The predicted octanol–water partition coefficient (Wildman–Crippen LogP) is 6.73.